The molecular formula is C8H13F2N. The Labute approximate surface area is 65.7 Å². The Hall–Kier alpha value is -0.440. The van der Waals surface area contributed by atoms with Crippen molar-refractivity contribution in [2.45, 2.75) is 25.3 Å². The lowest BCUT2D eigenvalue weighted by Crippen LogP contribution is -2.45. The minimum absolute atomic E-state index is 0.0475. The normalized spacial score (nSPS) is 32.4. The van der Waals surface area contributed by atoms with Crippen molar-refractivity contribution < 1.29 is 8.78 Å². The smallest absolute Gasteiger partial charge is 0.271 e. The van der Waals surface area contributed by atoms with E-state index in [-0.39, 0.29) is 18.0 Å². The molecule has 0 aromatic rings. The highest BCUT2D eigenvalue weighted by Crippen LogP contribution is 2.34. The minimum atomic E-state index is -2.65. The van der Waals surface area contributed by atoms with E-state index in [4.69, 9.17) is 0 Å². The van der Waals surface area contributed by atoms with Gasteiger partial charge in [0.1, 0.15) is 0 Å². The molecule has 64 valence electrons. The number of halogens is 2. The number of likely N-dealkylation sites (N-methyl/N-ethyl adjacent to an activating group) is 1. The fraction of sp³-hybridized carbons (Fsp3) is 0.750. The number of hydrogen-bond acceptors (Lipinski definition) is 1. The molecule has 0 saturated carbocycles. The third kappa shape index (κ3) is 1.43. The lowest BCUT2D eigenvalue weighted by atomic mass is 9.95. The molecule has 1 heterocycles. The summed E-state index contributed by atoms with van der Waals surface area (Å²) in [7, 11) is 1.84. The van der Waals surface area contributed by atoms with Gasteiger partial charge in [-0.1, -0.05) is 6.58 Å². The Balaban J connectivity index is 2.76. The van der Waals surface area contributed by atoms with Crippen molar-refractivity contribution in [2.24, 2.45) is 0 Å². The van der Waals surface area contributed by atoms with Gasteiger partial charge in [0.05, 0.1) is 0 Å². The molecule has 1 unspecified atom stereocenters. The average molecular weight is 161 g/mol. The molecule has 0 bridgehead atoms. The Morgan fingerprint density at radius 2 is 2.18 bits per heavy atom. The zero-order valence-corrected chi connectivity index (χ0v) is 6.90. The third-order valence-electron chi connectivity index (χ3n) is 2.41. The summed E-state index contributed by atoms with van der Waals surface area (Å²) in [5.41, 5.74) is 0.0475. The summed E-state index contributed by atoms with van der Waals surface area (Å²) in [5.74, 6) is -2.65. The predicted molar refractivity (Wildman–Crippen MR) is 40.8 cm³/mol. The fourth-order valence-electron chi connectivity index (χ4n) is 1.24. The summed E-state index contributed by atoms with van der Waals surface area (Å²) in [6.45, 7) is 5.62. The SMILES string of the molecule is C=C1C(C)N(C)CCC1(F)F. The largest absolute Gasteiger partial charge is 0.300 e. The van der Waals surface area contributed by atoms with Gasteiger partial charge in [-0.3, -0.25) is 4.90 Å². The van der Waals surface area contributed by atoms with Crippen LogP contribution in [0.3, 0.4) is 0 Å². The van der Waals surface area contributed by atoms with Crippen LogP contribution in [0.5, 0.6) is 0 Å². The molecule has 0 aromatic carbocycles. The van der Waals surface area contributed by atoms with Crippen molar-refractivity contribution in [1.29, 1.82) is 0 Å². The van der Waals surface area contributed by atoms with E-state index in [1.54, 1.807) is 6.92 Å². The number of alkyl halides is 2. The number of hydrogen-bond donors (Lipinski definition) is 0. The van der Waals surface area contributed by atoms with E-state index in [9.17, 15) is 8.78 Å². The first kappa shape index (κ1) is 8.65. The van der Waals surface area contributed by atoms with Crippen LogP contribution in [0.15, 0.2) is 12.2 Å². The standard InChI is InChI=1S/C8H13F2N/c1-6-7(2)11(3)5-4-8(6,9)10/h7H,1,4-5H2,2-3H3. The number of likely N-dealkylation sites (tertiary alicyclic amines) is 1. The summed E-state index contributed by atoms with van der Waals surface area (Å²) in [5, 5.41) is 0. The van der Waals surface area contributed by atoms with Crippen LogP contribution >= 0.6 is 0 Å². The summed E-state index contributed by atoms with van der Waals surface area (Å²) in [6.07, 6.45) is -0.0906. The topological polar surface area (TPSA) is 3.24 Å². The molecule has 3 heteroatoms. The van der Waals surface area contributed by atoms with Crippen molar-refractivity contribution in [3.63, 3.8) is 0 Å². The van der Waals surface area contributed by atoms with Crippen LogP contribution in [-0.4, -0.2) is 30.5 Å². The molecule has 1 fully saturated rings. The van der Waals surface area contributed by atoms with Crippen molar-refractivity contribution in [2.75, 3.05) is 13.6 Å². The van der Waals surface area contributed by atoms with E-state index < -0.39 is 5.92 Å². The second kappa shape index (κ2) is 2.55. The third-order valence-corrected chi connectivity index (χ3v) is 2.41. The second-order valence-corrected chi connectivity index (χ2v) is 3.14. The number of rotatable bonds is 0. The van der Waals surface area contributed by atoms with Gasteiger partial charge in [0.15, 0.2) is 0 Å². The summed E-state index contributed by atoms with van der Waals surface area (Å²) in [6, 6.07) is -0.196. The van der Waals surface area contributed by atoms with Crippen LogP contribution in [0.25, 0.3) is 0 Å². The van der Waals surface area contributed by atoms with Crippen LogP contribution in [0.1, 0.15) is 13.3 Å². The minimum Gasteiger partial charge on any atom is -0.300 e. The van der Waals surface area contributed by atoms with E-state index in [0.717, 1.165) is 0 Å². The number of piperidine rings is 1. The number of nitrogens with zero attached hydrogens (tertiary/aromatic N) is 1. The van der Waals surface area contributed by atoms with E-state index >= 15 is 0 Å². The monoisotopic (exact) mass is 161 g/mol. The maximum atomic E-state index is 12.9. The molecule has 1 aliphatic rings. The molecule has 0 radical (unpaired) electrons. The van der Waals surface area contributed by atoms with Gasteiger partial charge in [-0.2, -0.15) is 0 Å². The highest BCUT2D eigenvalue weighted by Gasteiger charge is 2.40. The van der Waals surface area contributed by atoms with Gasteiger partial charge in [-0.05, 0) is 14.0 Å². The predicted octanol–water partition coefficient (Wildman–Crippen LogP) is 1.90. The fourth-order valence-corrected chi connectivity index (χ4v) is 1.24. The van der Waals surface area contributed by atoms with Gasteiger partial charge in [0.2, 0.25) is 0 Å². The van der Waals surface area contributed by atoms with Crippen LogP contribution in [0.4, 0.5) is 8.78 Å². The van der Waals surface area contributed by atoms with Crippen LogP contribution in [-0.2, 0) is 0 Å². The first-order valence-electron chi connectivity index (χ1n) is 3.72. The van der Waals surface area contributed by atoms with E-state index in [0.29, 0.717) is 6.54 Å². The van der Waals surface area contributed by atoms with Gasteiger partial charge in [0.25, 0.3) is 5.92 Å². The van der Waals surface area contributed by atoms with Crippen molar-refractivity contribution in [1.82, 2.24) is 4.90 Å². The molecule has 1 atom stereocenters. The van der Waals surface area contributed by atoms with E-state index in [2.05, 4.69) is 6.58 Å². The Kier molecular flexibility index (Phi) is 2.01. The van der Waals surface area contributed by atoms with Crippen LogP contribution < -0.4 is 0 Å². The van der Waals surface area contributed by atoms with Crippen molar-refractivity contribution in [3.8, 4) is 0 Å². The lowest BCUT2D eigenvalue weighted by Gasteiger charge is -2.36. The zero-order valence-electron chi connectivity index (χ0n) is 6.90. The molecule has 0 spiro atoms. The molecule has 1 saturated heterocycles. The Morgan fingerprint density at radius 1 is 1.64 bits per heavy atom. The molecule has 0 aliphatic carbocycles. The van der Waals surface area contributed by atoms with Crippen LogP contribution in [0.2, 0.25) is 0 Å². The van der Waals surface area contributed by atoms with Crippen molar-refractivity contribution in [3.05, 3.63) is 12.2 Å². The first-order valence-corrected chi connectivity index (χ1v) is 3.72. The quantitative estimate of drug-likeness (QED) is 0.490. The van der Waals surface area contributed by atoms with Gasteiger partial charge in [0, 0.05) is 24.6 Å². The summed E-state index contributed by atoms with van der Waals surface area (Å²) < 4.78 is 25.8. The molecular weight excluding hydrogens is 148 g/mol. The molecule has 1 rings (SSSR count). The van der Waals surface area contributed by atoms with Gasteiger partial charge >= 0.3 is 0 Å². The average Bonchev–Trinajstić information content (AvgIpc) is 1.95. The molecule has 0 aromatic heterocycles. The second-order valence-electron chi connectivity index (χ2n) is 3.14. The van der Waals surface area contributed by atoms with Gasteiger partial charge in [-0.25, -0.2) is 8.78 Å². The Morgan fingerprint density at radius 3 is 2.64 bits per heavy atom. The van der Waals surface area contributed by atoms with Gasteiger partial charge in [-0.15, -0.1) is 0 Å². The summed E-state index contributed by atoms with van der Waals surface area (Å²) >= 11 is 0. The van der Waals surface area contributed by atoms with Crippen molar-refractivity contribution >= 4 is 0 Å². The zero-order chi connectivity index (χ0) is 8.65. The van der Waals surface area contributed by atoms with Gasteiger partial charge < -0.3 is 0 Å². The molecule has 11 heavy (non-hydrogen) atoms. The maximum Gasteiger partial charge on any atom is 0.271 e. The maximum absolute atomic E-state index is 12.9. The van der Waals surface area contributed by atoms with E-state index in [1.807, 2.05) is 11.9 Å². The summed E-state index contributed by atoms with van der Waals surface area (Å²) in [4.78, 5) is 1.89. The highest BCUT2D eigenvalue weighted by molar-refractivity contribution is 5.17. The molecule has 0 amide bonds. The van der Waals surface area contributed by atoms with Crippen LogP contribution in [0, 0.1) is 0 Å². The molecule has 1 nitrogen and oxygen atoms in total. The first-order chi connectivity index (χ1) is 4.95. The molecule has 1 aliphatic heterocycles. The molecule has 0 N–H and O–H groups in total. The van der Waals surface area contributed by atoms with E-state index in [1.165, 1.54) is 0 Å². The lowest BCUT2D eigenvalue weighted by molar-refractivity contribution is -0.0141. The Bertz CT molecular complexity index is 177. The highest BCUT2D eigenvalue weighted by atomic mass is 19.3.